The van der Waals surface area contributed by atoms with Crippen molar-refractivity contribution >= 4 is 5.97 Å². The molecule has 3 rings (SSSR count). The fraction of sp³-hybridized carbons (Fsp3) is 0.231. The number of ether oxygens (including phenoxy) is 2. The average Bonchev–Trinajstić information content (AvgIpc) is 2.99. The first-order chi connectivity index (χ1) is 8.78. The van der Waals surface area contributed by atoms with Gasteiger partial charge in [0.05, 0.1) is 24.9 Å². The number of esters is 1. The lowest BCUT2D eigenvalue weighted by molar-refractivity contribution is 0.0601. The average molecular weight is 244 g/mol. The number of hydrogen-bond acceptors (Lipinski definition) is 4. The number of carbonyl (C=O) groups is 1. The van der Waals surface area contributed by atoms with Gasteiger partial charge in [0.15, 0.2) is 0 Å². The molecule has 0 amide bonds. The van der Waals surface area contributed by atoms with Gasteiger partial charge in [0.25, 0.3) is 6.01 Å². The van der Waals surface area contributed by atoms with Crippen molar-refractivity contribution in [2.75, 3.05) is 13.7 Å². The maximum absolute atomic E-state index is 11.3. The molecular formula is C13H12N2O3. The molecule has 0 spiro atoms. The Labute approximate surface area is 104 Å². The van der Waals surface area contributed by atoms with Crippen LogP contribution in [0.1, 0.15) is 10.4 Å². The summed E-state index contributed by atoms with van der Waals surface area (Å²) in [5.74, 6) is -0.336. The van der Waals surface area contributed by atoms with E-state index in [1.807, 2.05) is 22.9 Å². The number of fused-ring (bicyclic) bond motifs is 1. The molecule has 18 heavy (non-hydrogen) atoms. The number of hydrogen-bond donors (Lipinski definition) is 0. The van der Waals surface area contributed by atoms with E-state index in [1.165, 1.54) is 7.11 Å². The fourth-order valence-corrected chi connectivity index (χ4v) is 1.94. The predicted molar refractivity (Wildman–Crippen MR) is 64.5 cm³/mol. The molecule has 0 radical (unpaired) electrons. The van der Waals surface area contributed by atoms with Gasteiger partial charge in [0.1, 0.15) is 6.61 Å². The van der Waals surface area contributed by atoms with Crippen LogP contribution in [0.5, 0.6) is 6.01 Å². The van der Waals surface area contributed by atoms with E-state index in [0.29, 0.717) is 18.2 Å². The summed E-state index contributed by atoms with van der Waals surface area (Å²) in [6.07, 6.45) is 1.95. The number of imidazole rings is 1. The summed E-state index contributed by atoms with van der Waals surface area (Å²) in [4.78, 5) is 15.7. The zero-order chi connectivity index (χ0) is 12.5. The van der Waals surface area contributed by atoms with Crippen LogP contribution in [-0.2, 0) is 11.3 Å². The quantitative estimate of drug-likeness (QED) is 0.755. The lowest BCUT2D eigenvalue weighted by atomic mass is 10.1. The Morgan fingerprint density at radius 3 is 2.83 bits per heavy atom. The summed E-state index contributed by atoms with van der Waals surface area (Å²) in [5, 5.41) is 0. The van der Waals surface area contributed by atoms with E-state index in [9.17, 15) is 4.79 Å². The van der Waals surface area contributed by atoms with Gasteiger partial charge in [-0.3, -0.25) is 4.57 Å². The zero-order valence-corrected chi connectivity index (χ0v) is 9.92. The Morgan fingerprint density at radius 2 is 2.17 bits per heavy atom. The predicted octanol–water partition coefficient (Wildman–Crippen LogP) is 1.73. The van der Waals surface area contributed by atoms with Gasteiger partial charge in [0, 0.05) is 11.8 Å². The smallest absolute Gasteiger partial charge is 0.337 e. The molecule has 0 bridgehead atoms. The normalized spacial score (nSPS) is 12.9. The van der Waals surface area contributed by atoms with Crippen LogP contribution in [0.15, 0.2) is 30.5 Å². The maximum Gasteiger partial charge on any atom is 0.337 e. The van der Waals surface area contributed by atoms with E-state index in [1.54, 1.807) is 12.1 Å². The van der Waals surface area contributed by atoms with Gasteiger partial charge in [-0.15, -0.1) is 0 Å². The van der Waals surface area contributed by atoms with Gasteiger partial charge in [-0.25, -0.2) is 4.79 Å². The minimum absolute atomic E-state index is 0.336. The molecule has 0 unspecified atom stereocenters. The van der Waals surface area contributed by atoms with Crippen LogP contribution >= 0.6 is 0 Å². The highest BCUT2D eigenvalue weighted by atomic mass is 16.5. The van der Waals surface area contributed by atoms with Gasteiger partial charge in [-0.1, -0.05) is 12.1 Å². The highest BCUT2D eigenvalue weighted by Crippen LogP contribution is 2.25. The molecule has 92 valence electrons. The molecule has 2 heterocycles. The second-order valence-corrected chi connectivity index (χ2v) is 4.02. The zero-order valence-electron chi connectivity index (χ0n) is 9.92. The summed E-state index contributed by atoms with van der Waals surface area (Å²) in [7, 11) is 1.37. The highest BCUT2D eigenvalue weighted by Gasteiger charge is 2.16. The van der Waals surface area contributed by atoms with E-state index >= 15 is 0 Å². The first kappa shape index (κ1) is 10.8. The van der Waals surface area contributed by atoms with Crippen molar-refractivity contribution in [1.29, 1.82) is 0 Å². The van der Waals surface area contributed by atoms with Crippen LogP contribution in [0.3, 0.4) is 0 Å². The molecule has 1 aromatic carbocycles. The molecule has 0 atom stereocenters. The van der Waals surface area contributed by atoms with Gasteiger partial charge in [-0.2, -0.15) is 4.98 Å². The molecule has 0 fully saturated rings. The molecule has 5 nitrogen and oxygen atoms in total. The summed E-state index contributed by atoms with van der Waals surface area (Å²) in [6.45, 7) is 1.52. The minimum Gasteiger partial charge on any atom is -0.465 e. The Kier molecular flexibility index (Phi) is 2.51. The third kappa shape index (κ3) is 1.73. The van der Waals surface area contributed by atoms with Crippen molar-refractivity contribution in [2.24, 2.45) is 0 Å². The second-order valence-electron chi connectivity index (χ2n) is 4.02. The number of rotatable bonds is 2. The van der Waals surface area contributed by atoms with E-state index in [-0.39, 0.29) is 5.97 Å². The van der Waals surface area contributed by atoms with Crippen LogP contribution in [0.25, 0.3) is 11.3 Å². The van der Waals surface area contributed by atoms with Crippen LogP contribution in [0, 0.1) is 0 Å². The first-order valence-electron chi connectivity index (χ1n) is 5.66. The van der Waals surface area contributed by atoms with Crippen molar-refractivity contribution in [3.05, 3.63) is 36.0 Å². The molecule has 0 saturated heterocycles. The third-order valence-corrected chi connectivity index (χ3v) is 2.91. The lowest BCUT2D eigenvalue weighted by Crippen LogP contribution is -2.00. The number of aromatic nitrogens is 2. The van der Waals surface area contributed by atoms with Crippen molar-refractivity contribution in [1.82, 2.24) is 9.55 Å². The summed E-state index contributed by atoms with van der Waals surface area (Å²) < 4.78 is 12.0. The largest absolute Gasteiger partial charge is 0.465 e. The van der Waals surface area contributed by atoms with E-state index in [0.717, 1.165) is 17.8 Å². The van der Waals surface area contributed by atoms with Crippen LogP contribution in [0.4, 0.5) is 0 Å². The van der Waals surface area contributed by atoms with Crippen LogP contribution in [-0.4, -0.2) is 29.2 Å². The van der Waals surface area contributed by atoms with Gasteiger partial charge in [0.2, 0.25) is 0 Å². The summed E-state index contributed by atoms with van der Waals surface area (Å²) in [6, 6.07) is 7.81. The number of methoxy groups -OCH3 is 1. The van der Waals surface area contributed by atoms with Gasteiger partial charge < -0.3 is 9.47 Å². The monoisotopic (exact) mass is 244 g/mol. The topological polar surface area (TPSA) is 53.4 Å². The standard InChI is InChI=1S/C13H12N2O3/c1-17-12(16)10-4-2-9(3-5-10)11-8-15-6-7-18-13(15)14-11/h2-5,8H,6-7H2,1H3. The van der Waals surface area contributed by atoms with Gasteiger partial charge >= 0.3 is 5.97 Å². The maximum atomic E-state index is 11.3. The van der Waals surface area contributed by atoms with Crippen molar-refractivity contribution < 1.29 is 14.3 Å². The number of carbonyl (C=O) groups excluding carboxylic acids is 1. The molecule has 5 heteroatoms. The SMILES string of the molecule is COC(=O)c1ccc(-c2cn3c(n2)OCC3)cc1. The number of benzene rings is 1. The Bertz CT molecular complexity index is 565. The molecule has 0 aliphatic carbocycles. The van der Waals surface area contributed by atoms with E-state index in [2.05, 4.69) is 9.72 Å². The first-order valence-corrected chi connectivity index (χ1v) is 5.66. The molecular weight excluding hydrogens is 232 g/mol. The van der Waals surface area contributed by atoms with Crippen molar-refractivity contribution in [3.63, 3.8) is 0 Å². The molecule has 1 aliphatic rings. The lowest BCUT2D eigenvalue weighted by Gasteiger charge is -2.00. The summed E-state index contributed by atoms with van der Waals surface area (Å²) >= 11 is 0. The molecule has 2 aromatic rings. The van der Waals surface area contributed by atoms with Gasteiger partial charge in [-0.05, 0) is 12.1 Å². The summed E-state index contributed by atoms with van der Waals surface area (Å²) in [5.41, 5.74) is 2.33. The fourth-order valence-electron chi connectivity index (χ4n) is 1.94. The Morgan fingerprint density at radius 1 is 1.39 bits per heavy atom. The molecule has 1 aliphatic heterocycles. The molecule has 0 N–H and O–H groups in total. The molecule has 1 aromatic heterocycles. The minimum atomic E-state index is -0.336. The van der Waals surface area contributed by atoms with Crippen molar-refractivity contribution in [2.45, 2.75) is 6.54 Å². The van der Waals surface area contributed by atoms with E-state index in [4.69, 9.17) is 4.74 Å². The third-order valence-electron chi connectivity index (χ3n) is 2.91. The molecule has 0 saturated carbocycles. The van der Waals surface area contributed by atoms with Crippen LogP contribution in [0.2, 0.25) is 0 Å². The van der Waals surface area contributed by atoms with Crippen molar-refractivity contribution in [3.8, 4) is 17.3 Å². The number of nitrogens with zero attached hydrogens (tertiary/aromatic N) is 2. The van der Waals surface area contributed by atoms with Crippen LogP contribution < -0.4 is 4.74 Å². The second kappa shape index (κ2) is 4.18. The Balaban J connectivity index is 1.90. The highest BCUT2D eigenvalue weighted by molar-refractivity contribution is 5.89. The van der Waals surface area contributed by atoms with E-state index < -0.39 is 0 Å². The Hall–Kier alpha value is -2.30.